The highest BCUT2D eigenvalue weighted by atomic mass is 16.3. The molecule has 0 aromatic heterocycles. The van der Waals surface area contributed by atoms with Crippen LogP contribution < -0.4 is 10.2 Å². The zero-order chi connectivity index (χ0) is 15.0. The molecule has 2 heterocycles. The minimum atomic E-state index is -1.06. The number of hydrogen-bond donors (Lipinski definition) is 2. The lowest BCUT2D eigenvalue weighted by molar-refractivity contribution is -0.128. The molecule has 21 heavy (non-hydrogen) atoms. The fourth-order valence-electron chi connectivity index (χ4n) is 2.92. The Morgan fingerprint density at radius 3 is 2.86 bits per heavy atom. The van der Waals surface area contributed by atoms with Crippen LogP contribution >= 0.6 is 0 Å². The van der Waals surface area contributed by atoms with Crippen molar-refractivity contribution in [3.05, 3.63) is 23.8 Å². The molecule has 0 spiro atoms. The zero-order valence-electron chi connectivity index (χ0n) is 12.0. The third-order valence-corrected chi connectivity index (χ3v) is 4.14. The van der Waals surface area contributed by atoms with E-state index in [1.165, 1.54) is 0 Å². The first-order valence-corrected chi connectivity index (χ1v) is 7.19. The van der Waals surface area contributed by atoms with Crippen molar-refractivity contribution in [2.75, 3.05) is 36.4 Å². The molecule has 6 heteroatoms. The Morgan fingerprint density at radius 1 is 1.29 bits per heavy atom. The molecule has 0 saturated carbocycles. The SMILES string of the molecule is CC(=O)N1CCCN(c2ccc3c(c2)NC(=O)C3O)CC1. The number of nitrogens with one attached hydrogen (secondary N) is 1. The Balaban J connectivity index is 1.78. The standard InChI is InChI=1S/C15H19N3O3/c1-10(19)17-5-2-6-18(8-7-17)11-3-4-12-13(9-11)16-15(21)14(12)20/h3-4,9,14,20H,2,5-8H2,1H3,(H,16,21). The van der Waals surface area contributed by atoms with E-state index in [0.29, 0.717) is 17.8 Å². The van der Waals surface area contributed by atoms with E-state index >= 15 is 0 Å². The number of carbonyl (C=O) groups is 2. The zero-order valence-corrected chi connectivity index (χ0v) is 12.0. The van der Waals surface area contributed by atoms with Crippen molar-refractivity contribution in [3.63, 3.8) is 0 Å². The van der Waals surface area contributed by atoms with Crippen molar-refractivity contribution in [1.29, 1.82) is 0 Å². The molecule has 2 amide bonds. The van der Waals surface area contributed by atoms with E-state index in [-0.39, 0.29) is 11.8 Å². The van der Waals surface area contributed by atoms with Crippen LogP contribution in [-0.2, 0) is 9.59 Å². The van der Waals surface area contributed by atoms with Crippen LogP contribution in [0.2, 0.25) is 0 Å². The Kier molecular flexibility index (Phi) is 3.55. The highest BCUT2D eigenvalue weighted by Gasteiger charge is 2.29. The van der Waals surface area contributed by atoms with Gasteiger partial charge in [-0.15, -0.1) is 0 Å². The quantitative estimate of drug-likeness (QED) is 0.799. The fourth-order valence-corrected chi connectivity index (χ4v) is 2.92. The lowest BCUT2D eigenvalue weighted by atomic mass is 10.1. The molecule has 112 valence electrons. The van der Waals surface area contributed by atoms with Crippen molar-refractivity contribution in [3.8, 4) is 0 Å². The summed E-state index contributed by atoms with van der Waals surface area (Å²) in [5.74, 6) is -0.262. The fraction of sp³-hybridized carbons (Fsp3) is 0.467. The van der Waals surface area contributed by atoms with Gasteiger partial charge in [0.15, 0.2) is 6.10 Å². The first kappa shape index (κ1) is 13.9. The van der Waals surface area contributed by atoms with Gasteiger partial charge in [0.05, 0.1) is 0 Å². The molecule has 2 aliphatic rings. The first-order valence-electron chi connectivity index (χ1n) is 7.19. The van der Waals surface area contributed by atoms with Gasteiger partial charge in [0.2, 0.25) is 5.91 Å². The summed E-state index contributed by atoms with van der Waals surface area (Å²) in [5.41, 5.74) is 2.31. The van der Waals surface area contributed by atoms with E-state index < -0.39 is 6.10 Å². The third-order valence-electron chi connectivity index (χ3n) is 4.14. The highest BCUT2D eigenvalue weighted by Crippen LogP contribution is 2.34. The van der Waals surface area contributed by atoms with Crippen LogP contribution in [-0.4, -0.2) is 48.0 Å². The van der Waals surface area contributed by atoms with Crippen LogP contribution in [0.1, 0.15) is 25.0 Å². The summed E-state index contributed by atoms with van der Waals surface area (Å²) >= 11 is 0. The molecule has 1 saturated heterocycles. The van der Waals surface area contributed by atoms with Crippen LogP contribution in [0.15, 0.2) is 18.2 Å². The van der Waals surface area contributed by atoms with Crippen LogP contribution in [0.3, 0.4) is 0 Å². The molecule has 1 aromatic carbocycles. The molecule has 0 bridgehead atoms. The molecule has 1 unspecified atom stereocenters. The van der Waals surface area contributed by atoms with E-state index in [1.54, 1.807) is 13.0 Å². The van der Waals surface area contributed by atoms with E-state index in [4.69, 9.17) is 0 Å². The number of carbonyl (C=O) groups excluding carboxylic acids is 2. The van der Waals surface area contributed by atoms with E-state index in [1.807, 2.05) is 17.0 Å². The summed E-state index contributed by atoms with van der Waals surface area (Å²) in [5, 5.41) is 12.4. The van der Waals surface area contributed by atoms with E-state index in [9.17, 15) is 14.7 Å². The number of nitrogens with zero attached hydrogens (tertiary/aromatic N) is 2. The number of amides is 2. The van der Waals surface area contributed by atoms with Gasteiger partial charge >= 0.3 is 0 Å². The summed E-state index contributed by atoms with van der Waals surface area (Å²) in [4.78, 5) is 27.0. The number of aliphatic hydroxyl groups excluding tert-OH is 1. The molecule has 1 fully saturated rings. The predicted molar refractivity (Wildman–Crippen MR) is 79.1 cm³/mol. The lowest BCUT2D eigenvalue weighted by Crippen LogP contribution is -2.33. The summed E-state index contributed by atoms with van der Waals surface area (Å²) < 4.78 is 0. The lowest BCUT2D eigenvalue weighted by Gasteiger charge is -2.23. The average molecular weight is 289 g/mol. The monoisotopic (exact) mass is 289 g/mol. The molecule has 1 aromatic rings. The van der Waals surface area contributed by atoms with E-state index in [2.05, 4.69) is 10.2 Å². The van der Waals surface area contributed by atoms with Crippen LogP contribution in [0.25, 0.3) is 0 Å². The molecule has 0 aliphatic carbocycles. The van der Waals surface area contributed by atoms with Crippen molar-refractivity contribution >= 4 is 23.2 Å². The Hall–Kier alpha value is -2.08. The molecular formula is C15H19N3O3. The van der Waals surface area contributed by atoms with Crippen LogP contribution in [0.5, 0.6) is 0 Å². The largest absolute Gasteiger partial charge is 0.378 e. The van der Waals surface area contributed by atoms with Crippen LogP contribution in [0, 0.1) is 0 Å². The predicted octanol–water partition coefficient (Wildman–Crippen LogP) is 0.731. The second-order valence-corrected chi connectivity index (χ2v) is 5.51. The number of rotatable bonds is 1. The van der Waals surface area contributed by atoms with Crippen molar-refractivity contribution in [2.24, 2.45) is 0 Å². The molecule has 6 nitrogen and oxygen atoms in total. The first-order chi connectivity index (χ1) is 10.1. The van der Waals surface area contributed by atoms with Crippen molar-refractivity contribution in [1.82, 2.24) is 4.90 Å². The van der Waals surface area contributed by atoms with Crippen molar-refractivity contribution < 1.29 is 14.7 Å². The Morgan fingerprint density at radius 2 is 2.10 bits per heavy atom. The van der Waals surface area contributed by atoms with Crippen LogP contribution in [0.4, 0.5) is 11.4 Å². The van der Waals surface area contributed by atoms with Gasteiger partial charge in [-0.05, 0) is 18.6 Å². The summed E-state index contributed by atoms with van der Waals surface area (Å²) in [6.45, 7) is 4.74. The van der Waals surface area contributed by atoms with Gasteiger partial charge in [0.1, 0.15) is 0 Å². The number of aliphatic hydroxyl groups is 1. The van der Waals surface area contributed by atoms with Gasteiger partial charge in [-0.3, -0.25) is 9.59 Å². The second kappa shape index (κ2) is 5.37. The Bertz CT molecular complexity index is 588. The number of fused-ring (bicyclic) bond motifs is 1. The van der Waals surface area contributed by atoms with Gasteiger partial charge in [-0.2, -0.15) is 0 Å². The maximum atomic E-state index is 11.5. The second-order valence-electron chi connectivity index (χ2n) is 5.51. The van der Waals surface area contributed by atoms with Gasteiger partial charge in [0.25, 0.3) is 5.91 Å². The van der Waals surface area contributed by atoms with Gasteiger partial charge in [0, 0.05) is 50.0 Å². The average Bonchev–Trinajstić information content (AvgIpc) is 2.67. The highest BCUT2D eigenvalue weighted by molar-refractivity contribution is 6.02. The van der Waals surface area contributed by atoms with Gasteiger partial charge in [-0.25, -0.2) is 0 Å². The molecule has 2 N–H and O–H groups in total. The summed E-state index contributed by atoms with van der Waals surface area (Å²) in [6, 6.07) is 5.61. The van der Waals surface area contributed by atoms with Gasteiger partial charge in [-0.1, -0.05) is 6.07 Å². The molecule has 2 aliphatic heterocycles. The molecule has 3 rings (SSSR count). The molecule has 0 radical (unpaired) electrons. The maximum Gasteiger partial charge on any atom is 0.257 e. The third kappa shape index (κ3) is 2.58. The summed E-state index contributed by atoms with van der Waals surface area (Å²) in [7, 11) is 0. The van der Waals surface area contributed by atoms with Gasteiger partial charge < -0.3 is 20.2 Å². The van der Waals surface area contributed by atoms with Crippen molar-refractivity contribution in [2.45, 2.75) is 19.4 Å². The normalized spacial score (nSPS) is 21.8. The number of anilines is 2. The van der Waals surface area contributed by atoms with E-state index in [0.717, 1.165) is 31.7 Å². The Labute approximate surface area is 123 Å². The minimum Gasteiger partial charge on any atom is -0.378 e. The molecule has 1 atom stereocenters. The molecular weight excluding hydrogens is 270 g/mol. The topological polar surface area (TPSA) is 72.9 Å². The minimum absolute atomic E-state index is 0.112. The summed E-state index contributed by atoms with van der Waals surface area (Å²) in [6.07, 6.45) is -0.141. The number of benzene rings is 1. The smallest absolute Gasteiger partial charge is 0.257 e. The number of hydrogen-bond acceptors (Lipinski definition) is 4. The maximum absolute atomic E-state index is 11.5.